The molecule has 0 fully saturated rings. The zero-order valence-electron chi connectivity index (χ0n) is 20.0. The van der Waals surface area contributed by atoms with E-state index in [0.717, 1.165) is 25.3 Å². The van der Waals surface area contributed by atoms with Crippen molar-refractivity contribution in [1.29, 1.82) is 0 Å². The molecule has 3 aromatic rings. The Morgan fingerprint density at radius 2 is 1.76 bits per heavy atom. The summed E-state index contributed by atoms with van der Waals surface area (Å²) < 4.78 is 25.9. The van der Waals surface area contributed by atoms with Crippen molar-refractivity contribution in [1.82, 2.24) is 9.88 Å². The molecule has 12 heteroatoms. The number of hydrogen-bond donors (Lipinski definition) is 3. The molecule has 34 heavy (non-hydrogen) atoms. The van der Waals surface area contributed by atoms with E-state index in [2.05, 4.69) is 29.0 Å². The van der Waals surface area contributed by atoms with Gasteiger partial charge in [-0.15, -0.1) is 0 Å². The molecule has 3 N–H and O–H groups in total. The summed E-state index contributed by atoms with van der Waals surface area (Å²) in [5, 5.41) is 15.7. The smallest absolute Gasteiger partial charge is 0.293 e. The van der Waals surface area contributed by atoms with Gasteiger partial charge in [0, 0.05) is 50.0 Å². The van der Waals surface area contributed by atoms with Gasteiger partial charge in [-0.2, -0.15) is 8.42 Å². The summed E-state index contributed by atoms with van der Waals surface area (Å²) in [5.74, 6) is 0. The standard InChI is InChI=1S/C21H27N5O3.CH4O3S/c1-5-25(6-2)12-11-22-17-9-10-18(26(28)29)20-19(17)21(27)15-13-14(24(3)4)7-8-16(15)23-20;1-5(2,3)4/h7-10,13,22H,5-6,11-12H2,1-4H3,(H,23,27);1H3,(H,2,3,4). The van der Waals surface area contributed by atoms with E-state index in [9.17, 15) is 23.3 Å². The van der Waals surface area contributed by atoms with E-state index in [1.54, 1.807) is 12.1 Å². The number of benzene rings is 2. The highest BCUT2D eigenvalue weighted by Gasteiger charge is 2.19. The lowest BCUT2D eigenvalue weighted by atomic mass is 10.1. The van der Waals surface area contributed by atoms with Crippen LogP contribution in [0, 0.1) is 10.1 Å². The maximum Gasteiger partial charge on any atom is 0.293 e. The van der Waals surface area contributed by atoms with Crippen molar-refractivity contribution < 1.29 is 17.9 Å². The van der Waals surface area contributed by atoms with Crippen molar-refractivity contribution >= 4 is 49.0 Å². The van der Waals surface area contributed by atoms with Crippen molar-refractivity contribution in [3.63, 3.8) is 0 Å². The first kappa shape index (κ1) is 27.0. The Hall–Kier alpha value is -3.22. The van der Waals surface area contributed by atoms with Crippen LogP contribution in [-0.2, 0) is 10.1 Å². The summed E-state index contributed by atoms with van der Waals surface area (Å²) >= 11 is 0. The Kier molecular flexibility index (Phi) is 8.96. The maximum absolute atomic E-state index is 13.4. The fraction of sp³-hybridized carbons (Fsp3) is 0.409. The summed E-state index contributed by atoms with van der Waals surface area (Å²) in [5.41, 5.74) is 2.01. The van der Waals surface area contributed by atoms with Gasteiger partial charge in [0.05, 0.1) is 22.1 Å². The first-order chi connectivity index (χ1) is 15.9. The van der Waals surface area contributed by atoms with Gasteiger partial charge < -0.3 is 20.1 Å². The Balaban J connectivity index is 0.000000739. The number of H-pyrrole nitrogens is 1. The number of rotatable bonds is 8. The van der Waals surface area contributed by atoms with E-state index in [1.807, 2.05) is 31.1 Å². The Bertz CT molecular complexity index is 1330. The molecular formula is C22H31N5O6S. The lowest BCUT2D eigenvalue weighted by Gasteiger charge is -2.19. The molecule has 0 aliphatic rings. The summed E-state index contributed by atoms with van der Waals surface area (Å²) in [6, 6.07) is 8.54. The monoisotopic (exact) mass is 493 g/mol. The predicted octanol–water partition coefficient (Wildman–Crippen LogP) is 2.91. The fourth-order valence-corrected chi connectivity index (χ4v) is 3.52. The van der Waals surface area contributed by atoms with Crippen LogP contribution in [0.5, 0.6) is 0 Å². The highest BCUT2D eigenvalue weighted by atomic mass is 32.2. The van der Waals surface area contributed by atoms with E-state index in [4.69, 9.17) is 4.55 Å². The van der Waals surface area contributed by atoms with Gasteiger partial charge in [-0.05, 0) is 37.4 Å². The molecule has 0 bridgehead atoms. The number of likely N-dealkylation sites (N-methyl/N-ethyl adjacent to an activating group) is 1. The van der Waals surface area contributed by atoms with Crippen molar-refractivity contribution in [2.24, 2.45) is 0 Å². The molecule has 1 heterocycles. The lowest BCUT2D eigenvalue weighted by molar-refractivity contribution is -0.383. The van der Waals surface area contributed by atoms with Crippen molar-refractivity contribution in [3.05, 3.63) is 50.7 Å². The van der Waals surface area contributed by atoms with E-state index in [-0.39, 0.29) is 16.6 Å². The second kappa shape index (κ2) is 11.3. The van der Waals surface area contributed by atoms with E-state index in [1.165, 1.54) is 6.07 Å². The van der Waals surface area contributed by atoms with E-state index >= 15 is 0 Å². The molecule has 186 valence electrons. The number of anilines is 2. The van der Waals surface area contributed by atoms with Gasteiger partial charge in [0.1, 0.15) is 5.52 Å². The average molecular weight is 494 g/mol. The molecule has 0 radical (unpaired) electrons. The molecule has 0 aliphatic heterocycles. The van der Waals surface area contributed by atoms with Gasteiger partial charge in [0.15, 0.2) is 5.43 Å². The summed E-state index contributed by atoms with van der Waals surface area (Å²) in [7, 11) is 0.142. The first-order valence-corrected chi connectivity index (χ1v) is 12.5. The van der Waals surface area contributed by atoms with Gasteiger partial charge in [0.25, 0.3) is 15.8 Å². The third-order valence-electron chi connectivity index (χ3n) is 5.27. The fourth-order valence-electron chi connectivity index (χ4n) is 3.52. The van der Waals surface area contributed by atoms with Gasteiger partial charge in [0.2, 0.25) is 0 Å². The molecule has 1 aromatic heterocycles. The molecular weight excluding hydrogens is 462 g/mol. The molecule has 0 saturated carbocycles. The third-order valence-corrected chi connectivity index (χ3v) is 5.27. The molecule has 0 aliphatic carbocycles. The maximum atomic E-state index is 13.4. The van der Waals surface area contributed by atoms with Crippen LogP contribution in [0.2, 0.25) is 0 Å². The Morgan fingerprint density at radius 1 is 1.15 bits per heavy atom. The quantitative estimate of drug-likeness (QED) is 0.186. The highest BCUT2D eigenvalue weighted by molar-refractivity contribution is 7.85. The number of nitrogens with zero attached hydrogens (tertiary/aromatic N) is 3. The largest absolute Gasteiger partial charge is 0.383 e. The van der Waals surface area contributed by atoms with Crippen LogP contribution in [0.15, 0.2) is 35.1 Å². The summed E-state index contributed by atoms with van der Waals surface area (Å²) in [6.45, 7) is 7.55. The number of nitrogens with one attached hydrogen (secondary N) is 2. The minimum atomic E-state index is -3.67. The van der Waals surface area contributed by atoms with Crippen LogP contribution in [0.4, 0.5) is 17.1 Å². The van der Waals surface area contributed by atoms with E-state index < -0.39 is 15.0 Å². The average Bonchev–Trinajstić information content (AvgIpc) is 2.75. The third kappa shape index (κ3) is 6.89. The summed E-state index contributed by atoms with van der Waals surface area (Å²) in [6.07, 6.45) is 0.715. The van der Waals surface area contributed by atoms with Crippen LogP contribution >= 0.6 is 0 Å². The number of pyridine rings is 1. The summed E-state index contributed by atoms with van der Waals surface area (Å²) in [4.78, 5) is 31.7. The van der Waals surface area contributed by atoms with Crippen LogP contribution in [0.1, 0.15) is 13.8 Å². The van der Waals surface area contributed by atoms with E-state index in [0.29, 0.717) is 34.8 Å². The Labute approximate surface area is 198 Å². The van der Waals surface area contributed by atoms with Crippen LogP contribution in [0.25, 0.3) is 21.8 Å². The number of non-ortho nitro benzene ring substituents is 1. The van der Waals surface area contributed by atoms with Crippen LogP contribution in [-0.4, -0.2) is 74.3 Å². The molecule has 11 nitrogen and oxygen atoms in total. The predicted molar refractivity (Wildman–Crippen MR) is 137 cm³/mol. The SMILES string of the molecule is CCN(CC)CCNc1ccc([N+](=O)[O-])c2[nH]c3ccc(N(C)C)cc3c(=O)c12.CS(=O)(=O)O. The van der Waals surface area contributed by atoms with Crippen molar-refractivity contribution in [3.8, 4) is 0 Å². The highest BCUT2D eigenvalue weighted by Crippen LogP contribution is 2.30. The number of aromatic nitrogens is 1. The van der Waals surface area contributed by atoms with Crippen LogP contribution in [0.3, 0.4) is 0 Å². The number of hydrogen-bond acceptors (Lipinski definition) is 8. The first-order valence-electron chi connectivity index (χ1n) is 10.7. The molecule has 0 amide bonds. The minimum Gasteiger partial charge on any atom is -0.383 e. The zero-order valence-corrected chi connectivity index (χ0v) is 20.8. The lowest BCUT2D eigenvalue weighted by Crippen LogP contribution is -2.28. The van der Waals surface area contributed by atoms with Crippen molar-refractivity contribution in [2.45, 2.75) is 13.8 Å². The molecule has 0 atom stereocenters. The molecule has 3 rings (SSSR count). The van der Waals surface area contributed by atoms with Gasteiger partial charge in [-0.1, -0.05) is 13.8 Å². The molecule has 0 spiro atoms. The second-order valence-corrected chi connectivity index (χ2v) is 9.37. The number of aromatic amines is 1. The Morgan fingerprint density at radius 3 is 2.29 bits per heavy atom. The van der Waals surface area contributed by atoms with Gasteiger partial charge in [-0.3, -0.25) is 19.5 Å². The molecule has 0 unspecified atom stereocenters. The number of fused-ring (bicyclic) bond motifs is 2. The number of nitro groups is 1. The second-order valence-electron chi connectivity index (χ2n) is 7.90. The molecule has 0 saturated heterocycles. The topological polar surface area (TPSA) is 149 Å². The van der Waals surface area contributed by atoms with Gasteiger partial charge in [-0.25, -0.2) is 0 Å². The number of nitro benzene ring substituents is 1. The van der Waals surface area contributed by atoms with Gasteiger partial charge >= 0.3 is 0 Å². The molecule has 2 aromatic carbocycles. The minimum absolute atomic E-state index is 0.107. The normalized spacial score (nSPS) is 11.4. The zero-order chi connectivity index (χ0) is 25.6. The van der Waals surface area contributed by atoms with Crippen LogP contribution < -0.4 is 15.6 Å². The van der Waals surface area contributed by atoms with Crippen molar-refractivity contribution in [2.75, 3.05) is 56.7 Å².